The number of hydrogen-bond donors (Lipinski definition) is 2. The summed E-state index contributed by atoms with van der Waals surface area (Å²) in [4.78, 5) is 0. The molecule has 2 fully saturated rings. The van der Waals surface area contributed by atoms with Crippen molar-refractivity contribution in [2.75, 3.05) is 6.54 Å². The molecule has 4 atom stereocenters. The van der Waals surface area contributed by atoms with Crippen LogP contribution in [0.25, 0.3) is 0 Å². The SMILES string of the molecule is CC1CC(NCC2(C)CCCCC2O)CC(C)O1. The fourth-order valence-corrected chi connectivity index (χ4v) is 3.54. The summed E-state index contributed by atoms with van der Waals surface area (Å²) in [6.07, 6.45) is 7.33. The lowest BCUT2D eigenvalue weighted by Crippen LogP contribution is -2.49. The largest absolute Gasteiger partial charge is 0.393 e. The Kier molecular flexibility index (Phi) is 4.68. The second-order valence-corrected chi connectivity index (χ2v) is 6.72. The molecule has 0 radical (unpaired) electrons. The highest BCUT2D eigenvalue weighted by atomic mass is 16.5. The number of nitrogens with one attached hydrogen (secondary N) is 1. The average molecular weight is 255 g/mol. The summed E-state index contributed by atoms with van der Waals surface area (Å²) in [7, 11) is 0. The van der Waals surface area contributed by atoms with E-state index in [9.17, 15) is 5.11 Å². The number of aliphatic hydroxyl groups excluding tert-OH is 1. The lowest BCUT2D eigenvalue weighted by atomic mass is 9.73. The summed E-state index contributed by atoms with van der Waals surface area (Å²) in [6.45, 7) is 7.48. The maximum atomic E-state index is 10.2. The minimum atomic E-state index is -0.131. The first-order chi connectivity index (χ1) is 8.49. The van der Waals surface area contributed by atoms with Gasteiger partial charge in [-0.2, -0.15) is 0 Å². The van der Waals surface area contributed by atoms with Gasteiger partial charge in [-0.25, -0.2) is 0 Å². The molecule has 0 bridgehead atoms. The third-order valence-corrected chi connectivity index (χ3v) is 4.77. The minimum Gasteiger partial charge on any atom is -0.393 e. The Hall–Kier alpha value is -0.120. The number of ether oxygens (including phenoxy) is 1. The molecule has 2 aliphatic rings. The summed E-state index contributed by atoms with van der Waals surface area (Å²) >= 11 is 0. The molecule has 0 amide bonds. The van der Waals surface area contributed by atoms with Gasteiger partial charge in [0, 0.05) is 18.0 Å². The van der Waals surface area contributed by atoms with Crippen LogP contribution in [0.3, 0.4) is 0 Å². The average Bonchev–Trinajstić information content (AvgIpc) is 2.30. The van der Waals surface area contributed by atoms with Crippen molar-refractivity contribution in [2.45, 2.75) is 83.6 Å². The molecule has 1 heterocycles. The van der Waals surface area contributed by atoms with Gasteiger partial charge >= 0.3 is 0 Å². The van der Waals surface area contributed by atoms with Gasteiger partial charge in [-0.15, -0.1) is 0 Å². The third kappa shape index (κ3) is 3.46. The standard InChI is InChI=1S/C15H29NO2/c1-11-8-13(9-12(2)18-11)16-10-15(3)7-5-4-6-14(15)17/h11-14,16-17H,4-10H2,1-3H3. The fourth-order valence-electron chi connectivity index (χ4n) is 3.54. The molecule has 1 aliphatic heterocycles. The van der Waals surface area contributed by atoms with Crippen molar-refractivity contribution < 1.29 is 9.84 Å². The molecular weight excluding hydrogens is 226 g/mol. The van der Waals surface area contributed by atoms with Gasteiger partial charge in [0.25, 0.3) is 0 Å². The molecule has 106 valence electrons. The molecule has 0 aromatic rings. The molecule has 3 heteroatoms. The quantitative estimate of drug-likeness (QED) is 0.814. The summed E-state index contributed by atoms with van der Waals surface area (Å²) < 4.78 is 5.77. The Morgan fingerprint density at radius 2 is 1.89 bits per heavy atom. The first-order valence-electron chi connectivity index (χ1n) is 7.56. The van der Waals surface area contributed by atoms with Crippen molar-refractivity contribution >= 4 is 0 Å². The van der Waals surface area contributed by atoms with Crippen molar-refractivity contribution in [3.05, 3.63) is 0 Å². The van der Waals surface area contributed by atoms with Gasteiger partial charge in [0.15, 0.2) is 0 Å². The Morgan fingerprint density at radius 3 is 2.50 bits per heavy atom. The van der Waals surface area contributed by atoms with E-state index in [0.29, 0.717) is 18.2 Å². The predicted octanol–water partition coefficient (Wildman–Crippen LogP) is 2.47. The van der Waals surface area contributed by atoms with Gasteiger partial charge < -0.3 is 15.2 Å². The van der Waals surface area contributed by atoms with Crippen molar-refractivity contribution in [1.29, 1.82) is 0 Å². The van der Waals surface area contributed by atoms with Gasteiger partial charge in [0.05, 0.1) is 18.3 Å². The van der Waals surface area contributed by atoms with Crippen LogP contribution >= 0.6 is 0 Å². The molecule has 2 rings (SSSR count). The van der Waals surface area contributed by atoms with Crippen LogP contribution in [0.1, 0.15) is 59.3 Å². The Morgan fingerprint density at radius 1 is 1.22 bits per heavy atom. The Balaban J connectivity index is 1.83. The third-order valence-electron chi connectivity index (χ3n) is 4.77. The lowest BCUT2D eigenvalue weighted by Gasteiger charge is -2.41. The first-order valence-corrected chi connectivity index (χ1v) is 7.56. The first kappa shape index (κ1) is 14.3. The van der Waals surface area contributed by atoms with E-state index in [2.05, 4.69) is 26.1 Å². The monoisotopic (exact) mass is 255 g/mol. The van der Waals surface area contributed by atoms with Crippen LogP contribution in [0.2, 0.25) is 0 Å². The van der Waals surface area contributed by atoms with Crippen LogP contribution in [0.15, 0.2) is 0 Å². The van der Waals surface area contributed by atoms with Crippen molar-refractivity contribution in [2.24, 2.45) is 5.41 Å². The fraction of sp³-hybridized carbons (Fsp3) is 1.00. The van der Waals surface area contributed by atoms with E-state index in [0.717, 1.165) is 32.2 Å². The summed E-state index contributed by atoms with van der Waals surface area (Å²) in [5.74, 6) is 0. The van der Waals surface area contributed by atoms with E-state index in [-0.39, 0.29) is 11.5 Å². The Bertz CT molecular complexity index is 261. The van der Waals surface area contributed by atoms with E-state index in [1.807, 2.05) is 0 Å². The summed E-state index contributed by atoms with van der Waals surface area (Å²) in [6, 6.07) is 0.551. The van der Waals surface area contributed by atoms with Crippen LogP contribution in [-0.2, 0) is 4.74 Å². The van der Waals surface area contributed by atoms with Gasteiger partial charge in [-0.3, -0.25) is 0 Å². The number of aliphatic hydroxyl groups is 1. The van der Waals surface area contributed by atoms with Gasteiger partial charge in [-0.1, -0.05) is 19.8 Å². The molecule has 4 unspecified atom stereocenters. The van der Waals surface area contributed by atoms with E-state index in [1.165, 1.54) is 12.8 Å². The highest BCUT2D eigenvalue weighted by Gasteiger charge is 2.36. The lowest BCUT2D eigenvalue weighted by molar-refractivity contribution is -0.0482. The molecule has 1 saturated carbocycles. The minimum absolute atomic E-state index is 0.0725. The smallest absolute Gasteiger partial charge is 0.0605 e. The van der Waals surface area contributed by atoms with Crippen LogP contribution in [0, 0.1) is 5.41 Å². The molecule has 1 aliphatic carbocycles. The maximum Gasteiger partial charge on any atom is 0.0605 e. The normalized spacial score (nSPS) is 46.0. The number of rotatable bonds is 3. The molecule has 18 heavy (non-hydrogen) atoms. The predicted molar refractivity (Wildman–Crippen MR) is 73.6 cm³/mol. The highest BCUT2D eigenvalue weighted by molar-refractivity contribution is 4.90. The maximum absolute atomic E-state index is 10.2. The summed E-state index contributed by atoms with van der Waals surface area (Å²) in [5.41, 5.74) is 0.0725. The van der Waals surface area contributed by atoms with Crippen molar-refractivity contribution in [3.8, 4) is 0 Å². The second kappa shape index (κ2) is 5.89. The van der Waals surface area contributed by atoms with E-state index in [1.54, 1.807) is 0 Å². The summed E-state index contributed by atoms with van der Waals surface area (Å²) in [5, 5.41) is 13.9. The van der Waals surface area contributed by atoms with Crippen LogP contribution in [0.4, 0.5) is 0 Å². The molecule has 0 aromatic carbocycles. The zero-order valence-corrected chi connectivity index (χ0v) is 12.1. The number of hydrogen-bond acceptors (Lipinski definition) is 3. The van der Waals surface area contributed by atoms with Crippen LogP contribution in [-0.4, -0.2) is 36.0 Å². The van der Waals surface area contributed by atoms with E-state index < -0.39 is 0 Å². The topological polar surface area (TPSA) is 41.5 Å². The molecule has 2 N–H and O–H groups in total. The molecule has 3 nitrogen and oxygen atoms in total. The molecule has 0 aromatic heterocycles. The second-order valence-electron chi connectivity index (χ2n) is 6.72. The zero-order valence-electron chi connectivity index (χ0n) is 12.1. The zero-order chi connectivity index (χ0) is 13.2. The molecule has 0 spiro atoms. The van der Waals surface area contributed by atoms with Gasteiger partial charge in [0.2, 0.25) is 0 Å². The van der Waals surface area contributed by atoms with E-state index in [4.69, 9.17) is 4.74 Å². The van der Waals surface area contributed by atoms with Crippen molar-refractivity contribution in [1.82, 2.24) is 5.32 Å². The van der Waals surface area contributed by atoms with Gasteiger partial charge in [0.1, 0.15) is 0 Å². The van der Waals surface area contributed by atoms with Crippen LogP contribution in [0.5, 0.6) is 0 Å². The molecular formula is C15H29NO2. The van der Waals surface area contributed by atoms with Gasteiger partial charge in [-0.05, 0) is 39.5 Å². The molecule has 1 saturated heterocycles. The van der Waals surface area contributed by atoms with E-state index >= 15 is 0 Å². The van der Waals surface area contributed by atoms with Crippen molar-refractivity contribution in [3.63, 3.8) is 0 Å². The van der Waals surface area contributed by atoms with Crippen LogP contribution < -0.4 is 5.32 Å². The Labute approximate surface area is 111 Å². The highest BCUT2D eigenvalue weighted by Crippen LogP contribution is 2.35.